The van der Waals surface area contributed by atoms with Crippen molar-refractivity contribution in [2.24, 2.45) is 5.92 Å². The van der Waals surface area contributed by atoms with Crippen LogP contribution in [0.1, 0.15) is 43.7 Å². The van der Waals surface area contributed by atoms with Crippen LogP contribution in [0.5, 0.6) is 5.75 Å². The molecule has 1 atom stereocenters. The fourth-order valence-corrected chi connectivity index (χ4v) is 3.39. The Morgan fingerprint density at radius 1 is 1.48 bits per heavy atom. The molecular formula is C18H27N3O4. The SMILES string of the molecule is COc1cncc(C(NC(=O)CCN2CCCCO2)C2CC(O)C2)c1. The first-order chi connectivity index (χ1) is 12.2. The van der Waals surface area contributed by atoms with Gasteiger partial charge in [0.25, 0.3) is 0 Å². The molecule has 7 nitrogen and oxygen atoms in total. The Morgan fingerprint density at radius 3 is 3.00 bits per heavy atom. The van der Waals surface area contributed by atoms with E-state index in [2.05, 4.69) is 10.3 Å². The number of aliphatic hydroxyl groups is 1. The number of methoxy groups -OCH3 is 1. The van der Waals surface area contributed by atoms with Gasteiger partial charge >= 0.3 is 0 Å². The molecule has 1 aromatic rings. The van der Waals surface area contributed by atoms with Crippen LogP contribution < -0.4 is 10.1 Å². The van der Waals surface area contributed by atoms with E-state index < -0.39 is 0 Å². The van der Waals surface area contributed by atoms with Crippen molar-refractivity contribution in [1.82, 2.24) is 15.4 Å². The summed E-state index contributed by atoms with van der Waals surface area (Å²) in [5, 5.41) is 14.6. The standard InChI is InChI=1S/C18H27N3O4/c1-24-16-10-14(11-19-12-16)18(13-8-15(22)9-13)20-17(23)4-6-21-5-2-3-7-25-21/h10-13,15,18,22H,2-9H2,1H3,(H,20,23). The summed E-state index contributed by atoms with van der Waals surface area (Å²) in [7, 11) is 1.60. The minimum Gasteiger partial charge on any atom is -0.495 e. The van der Waals surface area contributed by atoms with Crippen LogP contribution in [0.2, 0.25) is 0 Å². The number of hydrogen-bond donors (Lipinski definition) is 2. The van der Waals surface area contributed by atoms with Crippen molar-refractivity contribution >= 4 is 5.91 Å². The molecule has 0 radical (unpaired) electrons. The van der Waals surface area contributed by atoms with Crippen LogP contribution in [0.15, 0.2) is 18.5 Å². The molecule has 3 rings (SSSR count). The molecule has 1 amide bonds. The summed E-state index contributed by atoms with van der Waals surface area (Å²) in [5.74, 6) is 0.876. The lowest BCUT2D eigenvalue weighted by molar-refractivity contribution is -0.181. The number of rotatable bonds is 7. The van der Waals surface area contributed by atoms with Gasteiger partial charge in [0.15, 0.2) is 0 Å². The van der Waals surface area contributed by atoms with Crippen molar-refractivity contribution in [2.45, 2.75) is 44.2 Å². The molecule has 0 aromatic carbocycles. The van der Waals surface area contributed by atoms with Crippen molar-refractivity contribution in [3.05, 3.63) is 24.0 Å². The van der Waals surface area contributed by atoms with E-state index in [1.54, 1.807) is 19.5 Å². The Balaban J connectivity index is 1.60. The van der Waals surface area contributed by atoms with E-state index in [0.29, 0.717) is 31.6 Å². The van der Waals surface area contributed by atoms with Gasteiger partial charge in [0, 0.05) is 25.7 Å². The normalized spacial score (nSPS) is 25.0. The molecule has 138 valence electrons. The molecule has 1 aliphatic heterocycles. The fourth-order valence-electron chi connectivity index (χ4n) is 3.39. The zero-order valence-corrected chi connectivity index (χ0v) is 14.7. The van der Waals surface area contributed by atoms with E-state index in [-0.39, 0.29) is 24.0 Å². The zero-order chi connectivity index (χ0) is 17.6. The summed E-state index contributed by atoms with van der Waals surface area (Å²) in [6.45, 7) is 2.22. The molecule has 2 N–H and O–H groups in total. The third kappa shape index (κ3) is 4.90. The number of aliphatic hydroxyl groups excluding tert-OH is 1. The highest BCUT2D eigenvalue weighted by Gasteiger charge is 2.36. The van der Waals surface area contributed by atoms with Crippen LogP contribution >= 0.6 is 0 Å². The van der Waals surface area contributed by atoms with Crippen LogP contribution in [0.25, 0.3) is 0 Å². The summed E-state index contributed by atoms with van der Waals surface area (Å²) in [4.78, 5) is 22.2. The van der Waals surface area contributed by atoms with Crippen molar-refractivity contribution in [3.8, 4) is 5.75 Å². The summed E-state index contributed by atoms with van der Waals surface area (Å²) < 4.78 is 5.24. The summed E-state index contributed by atoms with van der Waals surface area (Å²) in [6.07, 6.45) is 7.09. The highest BCUT2D eigenvalue weighted by atomic mass is 16.7. The van der Waals surface area contributed by atoms with Gasteiger partial charge in [0.05, 0.1) is 32.1 Å². The van der Waals surface area contributed by atoms with Crippen LogP contribution in [-0.2, 0) is 9.63 Å². The minimum absolute atomic E-state index is 0.0108. The first-order valence-electron chi connectivity index (χ1n) is 9.00. The minimum atomic E-state index is -0.273. The van der Waals surface area contributed by atoms with Crippen molar-refractivity contribution < 1.29 is 19.5 Å². The smallest absolute Gasteiger partial charge is 0.221 e. The lowest BCUT2D eigenvalue weighted by Crippen LogP contribution is -2.42. The lowest BCUT2D eigenvalue weighted by Gasteiger charge is -2.38. The van der Waals surface area contributed by atoms with Crippen LogP contribution in [0, 0.1) is 5.92 Å². The van der Waals surface area contributed by atoms with E-state index in [1.807, 2.05) is 11.1 Å². The number of nitrogens with zero attached hydrogens (tertiary/aromatic N) is 2. The Labute approximate surface area is 148 Å². The third-order valence-electron chi connectivity index (χ3n) is 4.93. The van der Waals surface area contributed by atoms with Gasteiger partial charge in [-0.25, -0.2) is 0 Å². The lowest BCUT2D eigenvalue weighted by atomic mass is 9.75. The van der Waals surface area contributed by atoms with E-state index >= 15 is 0 Å². The van der Waals surface area contributed by atoms with E-state index in [1.165, 1.54) is 0 Å². The molecule has 0 spiro atoms. The summed E-state index contributed by atoms with van der Waals surface area (Å²) >= 11 is 0. The second kappa shape index (κ2) is 8.60. The largest absolute Gasteiger partial charge is 0.495 e. The van der Waals surface area contributed by atoms with E-state index in [9.17, 15) is 9.90 Å². The van der Waals surface area contributed by atoms with Crippen molar-refractivity contribution in [3.63, 3.8) is 0 Å². The summed E-state index contributed by atoms with van der Waals surface area (Å²) in [6, 6.07) is 1.75. The maximum absolute atomic E-state index is 12.4. The maximum Gasteiger partial charge on any atom is 0.221 e. The molecule has 25 heavy (non-hydrogen) atoms. The van der Waals surface area contributed by atoms with Gasteiger partial charge in [-0.15, -0.1) is 0 Å². The quantitative estimate of drug-likeness (QED) is 0.775. The second-order valence-corrected chi connectivity index (χ2v) is 6.81. The summed E-state index contributed by atoms with van der Waals surface area (Å²) in [5.41, 5.74) is 0.916. The van der Waals surface area contributed by atoms with Gasteiger partial charge in [-0.05, 0) is 43.2 Å². The number of pyridine rings is 1. The molecule has 2 heterocycles. The molecule has 2 aliphatic rings. The van der Waals surface area contributed by atoms with Gasteiger partial charge in [-0.1, -0.05) is 0 Å². The molecule has 7 heteroatoms. The molecule has 1 saturated heterocycles. The molecule has 2 fully saturated rings. The molecule has 1 unspecified atom stereocenters. The Morgan fingerprint density at radius 2 is 2.32 bits per heavy atom. The Hall–Kier alpha value is -1.70. The molecule has 0 bridgehead atoms. The number of nitrogens with one attached hydrogen (secondary N) is 1. The van der Waals surface area contributed by atoms with Gasteiger partial charge < -0.3 is 15.2 Å². The maximum atomic E-state index is 12.4. The van der Waals surface area contributed by atoms with Gasteiger partial charge in [-0.3, -0.25) is 14.6 Å². The van der Waals surface area contributed by atoms with Crippen LogP contribution in [0.3, 0.4) is 0 Å². The Bertz CT molecular complexity index is 571. The van der Waals surface area contributed by atoms with Crippen LogP contribution in [0.4, 0.5) is 0 Å². The number of aromatic nitrogens is 1. The number of ether oxygens (including phenoxy) is 1. The predicted octanol–water partition coefficient (Wildman–Crippen LogP) is 1.44. The molecule has 1 aromatic heterocycles. The average molecular weight is 349 g/mol. The van der Waals surface area contributed by atoms with E-state index in [4.69, 9.17) is 9.57 Å². The fraction of sp³-hybridized carbons (Fsp3) is 0.667. The number of hydrogen-bond acceptors (Lipinski definition) is 6. The average Bonchev–Trinajstić information content (AvgIpc) is 2.63. The number of amides is 1. The van der Waals surface area contributed by atoms with Crippen LogP contribution in [-0.4, -0.2) is 54.0 Å². The highest BCUT2D eigenvalue weighted by molar-refractivity contribution is 5.76. The van der Waals surface area contributed by atoms with Crippen molar-refractivity contribution in [1.29, 1.82) is 0 Å². The third-order valence-corrected chi connectivity index (χ3v) is 4.93. The molecular weight excluding hydrogens is 322 g/mol. The molecule has 1 aliphatic carbocycles. The molecule has 1 saturated carbocycles. The second-order valence-electron chi connectivity index (χ2n) is 6.81. The number of carbonyl (C=O) groups is 1. The van der Waals surface area contributed by atoms with Crippen molar-refractivity contribution in [2.75, 3.05) is 26.8 Å². The number of carbonyl (C=O) groups excluding carboxylic acids is 1. The first kappa shape index (κ1) is 18.1. The van der Waals surface area contributed by atoms with Gasteiger partial charge in [-0.2, -0.15) is 5.06 Å². The van der Waals surface area contributed by atoms with Gasteiger partial charge in [0.1, 0.15) is 5.75 Å². The topological polar surface area (TPSA) is 83.9 Å². The first-order valence-corrected chi connectivity index (χ1v) is 9.00. The predicted molar refractivity (Wildman–Crippen MR) is 91.8 cm³/mol. The Kier molecular flexibility index (Phi) is 6.23. The zero-order valence-electron chi connectivity index (χ0n) is 14.7. The van der Waals surface area contributed by atoms with E-state index in [0.717, 1.165) is 31.6 Å². The highest BCUT2D eigenvalue weighted by Crippen LogP contribution is 2.38. The van der Waals surface area contributed by atoms with Gasteiger partial charge in [0.2, 0.25) is 5.91 Å². The monoisotopic (exact) mass is 349 g/mol. The number of hydroxylamine groups is 2.